The Morgan fingerprint density at radius 2 is 1.95 bits per heavy atom. The van der Waals surface area contributed by atoms with E-state index in [4.69, 9.17) is 4.74 Å². The van der Waals surface area contributed by atoms with E-state index in [-0.39, 0.29) is 5.60 Å². The second-order valence-electron chi connectivity index (χ2n) is 6.35. The third-order valence-electron chi connectivity index (χ3n) is 2.66. The van der Waals surface area contributed by atoms with Gasteiger partial charge >= 0.3 is 0 Å². The van der Waals surface area contributed by atoms with Gasteiger partial charge in [0.05, 0.1) is 12.2 Å². The maximum Gasteiger partial charge on any atom is 0.0734 e. The molecule has 0 unspecified atom stereocenters. The van der Waals surface area contributed by atoms with Gasteiger partial charge in [0.1, 0.15) is 0 Å². The van der Waals surface area contributed by atoms with Gasteiger partial charge in [-0.15, -0.1) is 0 Å². The zero-order valence-corrected chi connectivity index (χ0v) is 14.3. The molecule has 0 aliphatic carbocycles. The van der Waals surface area contributed by atoms with Crippen LogP contribution in [-0.2, 0) is 17.9 Å². The fraction of sp³-hybridized carbons (Fsp3) is 0.625. The minimum atomic E-state index is -0.100. The predicted octanol–water partition coefficient (Wildman–Crippen LogP) is 4.51. The summed E-state index contributed by atoms with van der Waals surface area (Å²) in [7, 11) is 0. The molecule has 0 radical (unpaired) electrons. The van der Waals surface area contributed by atoms with E-state index in [0.29, 0.717) is 12.5 Å². The number of hydrogen-bond acceptors (Lipinski definition) is 2. The second kappa shape index (κ2) is 7.41. The molecule has 2 nitrogen and oxygen atoms in total. The van der Waals surface area contributed by atoms with Crippen LogP contribution < -0.4 is 5.32 Å². The zero-order chi connectivity index (χ0) is 14.5. The molecule has 0 heterocycles. The van der Waals surface area contributed by atoms with E-state index in [0.717, 1.165) is 17.6 Å². The number of benzene rings is 1. The summed E-state index contributed by atoms with van der Waals surface area (Å²) in [5.74, 6) is 0.683. The molecule has 0 bridgehead atoms. The molecule has 1 aromatic rings. The minimum absolute atomic E-state index is 0.100. The van der Waals surface area contributed by atoms with Gasteiger partial charge in [0.15, 0.2) is 0 Å². The number of halogens is 1. The maximum absolute atomic E-state index is 5.80. The van der Waals surface area contributed by atoms with Crippen LogP contribution in [0.3, 0.4) is 0 Å². The van der Waals surface area contributed by atoms with Crippen LogP contribution in [-0.4, -0.2) is 12.1 Å². The third-order valence-corrected chi connectivity index (χ3v) is 3.40. The van der Waals surface area contributed by atoms with Crippen molar-refractivity contribution in [2.24, 2.45) is 5.92 Å². The van der Waals surface area contributed by atoms with E-state index in [1.807, 2.05) is 0 Å². The van der Waals surface area contributed by atoms with Crippen LogP contribution in [0, 0.1) is 5.92 Å². The van der Waals surface area contributed by atoms with Crippen LogP contribution in [0.15, 0.2) is 22.7 Å². The molecular weight excluding hydrogens is 302 g/mol. The van der Waals surface area contributed by atoms with E-state index < -0.39 is 0 Å². The van der Waals surface area contributed by atoms with Gasteiger partial charge in [-0.25, -0.2) is 0 Å². The van der Waals surface area contributed by atoms with E-state index >= 15 is 0 Å². The molecule has 3 heteroatoms. The van der Waals surface area contributed by atoms with Crippen LogP contribution in [0.4, 0.5) is 0 Å². The summed E-state index contributed by atoms with van der Waals surface area (Å²) in [6.07, 6.45) is 0. The highest BCUT2D eigenvalue weighted by Crippen LogP contribution is 2.21. The Hall–Kier alpha value is -0.380. The average molecular weight is 328 g/mol. The highest BCUT2D eigenvalue weighted by atomic mass is 79.9. The van der Waals surface area contributed by atoms with Gasteiger partial charge in [0.2, 0.25) is 0 Å². The first-order valence-corrected chi connectivity index (χ1v) is 7.69. The summed E-state index contributed by atoms with van der Waals surface area (Å²) < 4.78 is 6.93. The van der Waals surface area contributed by atoms with Crippen molar-refractivity contribution in [2.45, 2.75) is 53.4 Å². The number of nitrogens with one attached hydrogen (secondary N) is 1. The van der Waals surface area contributed by atoms with Crippen molar-refractivity contribution in [3.05, 3.63) is 33.8 Å². The summed E-state index contributed by atoms with van der Waals surface area (Å²) in [4.78, 5) is 0. The highest BCUT2D eigenvalue weighted by Gasteiger charge is 2.11. The SMILES string of the molecule is CC(C)CNCc1ccc(COC(C)(C)C)c(Br)c1. The van der Waals surface area contributed by atoms with Gasteiger partial charge in [-0.05, 0) is 50.4 Å². The number of hydrogen-bond donors (Lipinski definition) is 1. The Kier molecular flexibility index (Phi) is 6.51. The lowest BCUT2D eigenvalue weighted by Gasteiger charge is -2.20. The Bertz CT molecular complexity index is 396. The van der Waals surface area contributed by atoms with Crippen LogP contribution in [0.25, 0.3) is 0 Å². The van der Waals surface area contributed by atoms with Crippen molar-refractivity contribution in [1.29, 1.82) is 0 Å². The normalized spacial score (nSPS) is 12.2. The summed E-state index contributed by atoms with van der Waals surface area (Å²) in [5.41, 5.74) is 2.39. The van der Waals surface area contributed by atoms with E-state index in [2.05, 4.69) is 74.1 Å². The number of ether oxygens (including phenoxy) is 1. The molecule has 19 heavy (non-hydrogen) atoms. The van der Waals surface area contributed by atoms with Gasteiger partial charge in [0, 0.05) is 11.0 Å². The summed E-state index contributed by atoms with van der Waals surface area (Å²) >= 11 is 3.63. The van der Waals surface area contributed by atoms with E-state index in [1.54, 1.807) is 0 Å². The molecular formula is C16H26BrNO. The summed E-state index contributed by atoms with van der Waals surface area (Å²) in [6.45, 7) is 13.3. The molecule has 0 atom stereocenters. The second-order valence-corrected chi connectivity index (χ2v) is 7.21. The molecule has 108 valence electrons. The maximum atomic E-state index is 5.80. The van der Waals surface area contributed by atoms with Gasteiger partial charge < -0.3 is 10.1 Å². The van der Waals surface area contributed by atoms with Crippen molar-refractivity contribution in [3.8, 4) is 0 Å². The first-order valence-electron chi connectivity index (χ1n) is 6.90. The van der Waals surface area contributed by atoms with Gasteiger partial charge in [0.25, 0.3) is 0 Å². The fourth-order valence-electron chi connectivity index (χ4n) is 1.62. The van der Waals surface area contributed by atoms with Crippen molar-refractivity contribution >= 4 is 15.9 Å². The fourth-order valence-corrected chi connectivity index (χ4v) is 2.16. The van der Waals surface area contributed by atoms with E-state index in [9.17, 15) is 0 Å². The lowest BCUT2D eigenvalue weighted by molar-refractivity contribution is -0.0152. The molecule has 0 saturated carbocycles. The third kappa shape index (κ3) is 7.09. The monoisotopic (exact) mass is 327 g/mol. The van der Waals surface area contributed by atoms with Crippen molar-refractivity contribution in [1.82, 2.24) is 5.32 Å². The van der Waals surface area contributed by atoms with Crippen LogP contribution in [0.2, 0.25) is 0 Å². The predicted molar refractivity (Wildman–Crippen MR) is 85.2 cm³/mol. The van der Waals surface area contributed by atoms with Gasteiger partial charge in [-0.1, -0.05) is 41.9 Å². The first-order chi connectivity index (χ1) is 8.78. The smallest absolute Gasteiger partial charge is 0.0734 e. The zero-order valence-electron chi connectivity index (χ0n) is 12.7. The molecule has 1 rings (SSSR count). The minimum Gasteiger partial charge on any atom is -0.371 e. The summed E-state index contributed by atoms with van der Waals surface area (Å²) in [6, 6.07) is 6.48. The molecule has 0 saturated heterocycles. The van der Waals surface area contributed by atoms with Crippen LogP contribution in [0.5, 0.6) is 0 Å². The van der Waals surface area contributed by atoms with Crippen LogP contribution >= 0.6 is 15.9 Å². The lowest BCUT2D eigenvalue weighted by Crippen LogP contribution is -2.19. The Balaban J connectivity index is 2.54. The topological polar surface area (TPSA) is 21.3 Å². The Morgan fingerprint density at radius 1 is 1.26 bits per heavy atom. The standard InChI is InChI=1S/C16H26BrNO/c1-12(2)9-18-10-13-6-7-14(15(17)8-13)11-19-16(3,4)5/h6-8,12,18H,9-11H2,1-5H3. The first kappa shape index (κ1) is 16.7. The summed E-state index contributed by atoms with van der Waals surface area (Å²) in [5, 5.41) is 3.45. The lowest BCUT2D eigenvalue weighted by atomic mass is 10.1. The molecule has 0 aliphatic heterocycles. The van der Waals surface area contributed by atoms with Crippen molar-refractivity contribution in [3.63, 3.8) is 0 Å². The molecule has 0 amide bonds. The molecule has 1 N–H and O–H groups in total. The average Bonchev–Trinajstić information content (AvgIpc) is 2.26. The Morgan fingerprint density at radius 3 is 2.47 bits per heavy atom. The molecule has 0 aliphatic rings. The van der Waals surface area contributed by atoms with Crippen molar-refractivity contribution in [2.75, 3.05) is 6.54 Å². The van der Waals surface area contributed by atoms with Gasteiger partial charge in [-0.2, -0.15) is 0 Å². The molecule has 0 fully saturated rings. The number of rotatable bonds is 6. The molecule has 1 aromatic carbocycles. The van der Waals surface area contributed by atoms with Crippen LogP contribution in [0.1, 0.15) is 45.7 Å². The van der Waals surface area contributed by atoms with Crippen molar-refractivity contribution < 1.29 is 4.74 Å². The Labute approximate surface area is 126 Å². The molecule has 0 spiro atoms. The largest absolute Gasteiger partial charge is 0.371 e. The van der Waals surface area contributed by atoms with E-state index in [1.165, 1.54) is 11.1 Å². The van der Waals surface area contributed by atoms with Gasteiger partial charge in [-0.3, -0.25) is 0 Å². The molecule has 0 aromatic heterocycles. The quantitative estimate of drug-likeness (QED) is 0.829. The highest BCUT2D eigenvalue weighted by molar-refractivity contribution is 9.10.